The van der Waals surface area contributed by atoms with Crippen LogP contribution in [0.25, 0.3) is 88.0 Å². The Labute approximate surface area is 281 Å². The van der Waals surface area contributed by atoms with E-state index in [4.69, 9.17) is 0 Å². The SMILES string of the molecule is c1ccc(-c2ccc(-c3c4ccccc4c(-c4ccc(-c5cccc6ccccc56)cc4)c4cc(-c5ccccc5)ccc34)cc2)cc1. The van der Waals surface area contributed by atoms with Crippen LogP contribution in [0.15, 0.2) is 194 Å². The van der Waals surface area contributed by atoms with Crippen LogP contribution < -0.4 is 0 Å². The average molecular weight is 609 g/mol. The minimum absolute atomic E-state index is 1.22. The smallest absolute Gasteiger partial charge is 0.00261 e. The Morgan fingerprint density at radius 2 is 0.625 bits per heavy atom. The normalized spacial score (nSPS) is 11.3. The highest BCUT2D eigenvalue weighted by molar-refractivity contribution is 6.22. The topological polar surface area (TPSA) is 0 Å². The highest BCUT2D eigenvalue weighted by Gasteiger charge is 2.18. The molecule has 9 rings (SSSR count). The van der Waals surface area contributed by atoms with Crippen LogP contribution in [0.5, 0.6) is 0 Å². The van der Waals surface area contributed by atoms with E-state index in [0.717, 1.165) is 0 Å². The van der Waals surface area contributed by atoms with E-state index in [1.165, 1.54) is 88.0 Å². The van der Waals surface area contributed by atoms with Gasteiger partial charge in [-0.3, -0.25) is 0 Å². The lowest BCUT2D eigenvalue weighted by atomic mass is 9.84. The van der Waals surface area contributed by atoms with E-state index in [-0.39, 0.29) is 0 Å². The van der Waals surface area contributed by atoms with E-state index in [9.17, 15) is 0 Å². The molecule has 0 nitrogen and oxygen atoms in total. The second kappa shape index (κ2) is 11.8. The molecule has 0 spiro atoms. The molecule has 0 unspecified atom stereocenters. The molecule has 0 atom stereocenters. The fraction of sp³-hybridized carbons (Fsp3) is 0. The number of fused-ring (bicyclic) bond motifs is 3. The van der Waals surface area contributed by atoms with Crippen molar-refractivity contribution >= 4 is 32.3 Å². The van der Waals surface area contributed by atoms with Gasteiger partial charge in [0.1, 0.15) is 0 Å². The molecule has 0 bridgehead atoms. The van der Waals surface area contributed by atoms with E-state index in [1.54, 1.807) is 0 Å². The maximum absolute atomic E-state index is 2.40. The number of rotatable bonds is 5. The molecule has 0 saturated heterocycles. The quantitative estimate of drug-likeness (QED) is 0.171. The van der Waals surface area contributed by atoms with Gasteiger partial charge in [-0.15, -0.1) is 0 Å². The lowest BCUT2D eigenvalue weighted by molar-refractivity contribution is 1.60. The maximum Gasteiger partial charge on any atom is -0.00261 e. The van der Waals surface area contributed by atoms with Crippen LogP contribution in [-0.2, 0) is 0 Å². The Bertz CT molecular complexity index is 2550. The molecule has 0 N–H and O–H groups in total. The molecule has 0 aliphatic carbocycles. The summed E-state index contributed by atoms with van der Waals surface area (Å²) in [6, 6.07) is 70.7. The fourth-order valence-corrected chi connectivity index (χ4v) is 7.36. The van der Waals surface area contributed by atoms with Crippen molar-refractivity contribution in [3.8, 4) is 55.6 Å². The van der Waals surface area contributed by atoms with Crippen molar-refractivity contribution in [2.24, 2.45) is 0 Å². The third-order valence-electron chi connectivity index (χ3n) is 9.69. The summed E-state index contributed by atoms with van der Waals surface area (Å²) in [6.45, 7) is 0. The van der Waals surface area contributed by atoms with Crippen molar-refractivity contribution in [1.82, 2.24) is 0 Å². The van der Waals surface area contributed by atoms with Gasteiger partial charge in [0.25, 0.3) is 0 Å². The van der Waals surface area contributed by atoms with Gasteiger partial charge >= 0.3 is 0 Å². The first-order valence-electron chi connectivity index (χ1n) is 16.6. The minimum atomic E-state index is 1.22. The van der Waals surface area contributed by atoms with Gasteiger partial charge in [0.15, 0.2) is 0 Å². The van der Waals surface area contributed by atoms with E-state index in [1.807, 2.05) is 0 Å². The Kier molecular flexibility index (Phi) is 6.91. The van der Waals surface area contributed by atoms with Gasteiger partial charge in [0.2, 0.25) is 0 Å². The summed E-state index contributed by atoms with van der Waals surface area (Å²) in [5, 5.41) is 7.58. The molecule has 0 heteroatoms. The molecular weight excluding hydrogens is 577 g/mol. The van der Waals surface area contributed by atoms with Crippen molar-refractivity contribution in [1.29, 1.82) is 0 Å². The molecule has 0 radical (unpaired) electrons. The predicted octanol–water partition coefficient (Wildman–Crippen LogP) is 13.5. The second-order valence-electron chi connectivity index (χ2n) is 12.5. The minimum Gasteiger partial charge on any atom is -0.0622 e. The van der Waals surface area contributed by atoms with Gasteiger partial charge in [-0.2, -0.15) is 0 Å². The molecule has 0 aliphatic heterocycles. The molecule has 0 fully saturated rings. The van der Waals surface area contributed by atoms with Gasteiger partial charge in [0, 0.05) is 0 Å². The Hall–Kier alpha value is -6.24. The van der Waals surface area contributed by atoms with Crippen LogP contribution in [0.1, 0.15) is 0 Å². The molecule has 9 aromatic rings. The third-order valence-corrected chi connectivity index (χ3v) is 9.69. The summed E-state index contributed by atoms with van der Waals surface area (Å²) < 4.78 is 0. The lowest BCUT2D eigenvalue weighted by Gasteiger charge is -2.19. The van der Waals surface area contributed by atoms with Crippen LogP contribution in [0.2, 0.25) is 0 Å². The predicted molar refractivity (Wildman–Crippen MR) is 206 cm³/mol. The second-order valence-corrected chi connectivity index (χ2v) is 12.5. The van der Waals surface area contributed by atoms with Gasteiger partial charge in [-0.25, -0.2) is 0 Å². The summed E-state index contributed by atoms with van der Waals surface area (Å²) in [5.41, 5.74) is 12.4. The molecule has 9 aromatic carbocycles. The number of hydrogen-bond acceptors (Lipinski definition) is 0. The highest BCUT2D eigenvalue weighted by atomic mass is 14.2. The Morgan fingerprint density at radius 3 is 1.27 bits per heavy atom. The van der Waals surface area contributed by atoms with Crippen LogP contribution in [0, 0.1) is 0 Å². The zero-order chi connectivity index (χ0) is 31.9. The highest BCUT2D eigenvalue weighted by Crippen LogP contribution is 2.45. The van der Waals surface area contributed by atoms with Gasteiger partial charge in [-0.05, 0) is 94.0 Å². The van der Waals surface area contributed by atoms with E-state index >= 15 is 0 Å². The van der Waals surface area contributed by atoms with Crippen molar-refractivity contribution in [2.75, 3.05) is 0 Å². The molecule has 0 aromatic heterocycles. The van der Waals surface area contributed by atoms with Crippen LogP contribution in [-0.4, -0.2) is 0 Å². The molecule has 0 heterocycles. The van der Waals surface area contributed by atoms with E-state index in [0.29, 0.717) is 0 Å². The standard InChI is InChI=1S/C48H32/c1-3-12-33(13-4-1)35-22-26-38(27-23-35)47-43-19-9-10-20-44(43)48(46-32-40(30-31-45(46)47)34-14-5-2-6-15-34)39-28-24-37(25-29-39)42-21-11-17-36-16-7-8-18-41(36)42/h1-32H. The van der Waals surface area contributed by atoms with Crippen molar-refractivity contribution in [3.05, 3.63) is 194 Å². The molecular formula is C48H32. The van der Waals surface area contributed by atoms with Gasteiger partial charge in [0.05, 0.1) is 0 Å². The molecule has 0 amide bonds. The zero-order valence-electron chi connectivity index (χ0n) is 26.5. The summed E-state index contributed by atoms with van der Waals surface area (Å²) in [5.74, 6) is 0. The monoisotopic (exact) mass is 608 g/mol. The number of benzene rings is 9. The molecule has 48 heavy (non-hydrogen) atoms. The molecule has 0 saturated carbocycles. The largest absolute Gasteiger partial charge is 0.0622 e. The fourth-order valence-electron chi connectivity index (χ4n) is 7.36. The van der Waals surface area contributed by atoms with E-state index in [2.05, 4.69) is 194 Å². The summed E-state index contributed by atoms with van der Waals surface area (Å²) in [4.78, 5) is 0. The maximum atomic E-state index is 2.40. The van der Waals surface area contributed by atoms with Gasteiger partial charge < -0.3 is 0 Å². The Balaban J connectivity index is 1.27. The first-order valence-corrected chi connectivity index (χ1v) is 16.6. The van der Waals surface area contributed by atoms with Crippen LogP contribution in [0.3, 0.4) is 0 Å². The number of hydrogen-bond donors (Lipinski definition) is 0. The lowest BCUT2D eigenvalue weighted by Crippen LogP contribution is -1.92. The summed E-state index contributed by atoms with van der Waals surface area (Å²) in [6.07, 6.45) is 0. The van der Waals surface area contributed by atoms with Crippen LogP contribution >= 0.6 is 0 Å². The van der Waals surface area contributed by atoms with Crippen molar-refractivity contribution < 1.29 is 0 Å². The summed E-state index contributed by atoms with van der Waals surface area (Å²) in [7, 11) is 0. The first kappa shape index (κ1) is 28.0. The van der Waals surface area contributed by atoms with Crippen molar-refractivity contribution in [2.45, 2.75) is 0 Å². The van der Waals surface area contributed by atoms with Crippen molar-refractivity contribution in [3.63, 3.8) is 0 Å². The first-order chi connectivity index (χ1) is 23.8. The zero-order valence-corrected chi connectivity index (χ0v) is 26.5. The Morgan fingerprint density at radius 1 is 0.208 bits per heavy atom. The van der Waals surface area contributed by atoms with Crippen LogP contribution in [0.4, 0.5) is 0 Å². The average Bonchev–Trinajstić information content (AvgIpc) is 3.17. The molecule has 0 aliphatic rings. The third kappa shape index (κ3) is 4.87. The molecule has 224 valence electrons. The van der Waals surface area contributed by atoms with Gasteiger partial charge in [-0.1, -0.05) is 188 Å². The van der Waals surface area contributed by atoms with E-state index < -0.39 is 0 Å². The summed E-state index contributed by atoms with van der Waals surface area (Å²) >= 11 is 0.